The fourth-order valence-electron chi connectivity index (χ4n) is 3.54. The van der Waals surface area contributed by atoms with Crippen LogP contribution in [0, 0.1) is 0 Å². The normalized spacial score (nSPS) is 31.6. The van der Waals surface area contributed by atoms with E-state index < -0.39 is 54.3 Å². The van der Waals surface area contributed by atoms with Crippen LogP contribution >= 0.6 is 0 Å². The molecule has 2 saturated heterocycles. The van der Waals surface area contributed by atoms with E-state index in [0.717, 1.165) is 0 Å². The van der Waals surface area contributed by atoms with Gasteiger partial charge in [0.25, 0.3) is 0 Å². The van der Waals surface area contributed by atoms with Crippen LogP contribution in [0.15, 0.2) is 0 Å². The average Bonchev–Trinajstić information content (AvgIpc) is 2.82. The van der Waals surface area contributed by atoms with Crippen LogP contribution in [0.4, 0.5) is 0 Å². The van der Waals surface area contributed by atoms with E-state index in [1.54, 1.807) is 0 Å². The van der Waals surface area contributed by atoms with Crippen molar-refractivity contribution >= 4 is 23.9 Å². The van der Waals surface area contributed by atoms with Crippen LogP contribution in [0.1, 0.15) is 34.1 Å². The topological polar surface area (TPSA) is 108 Å². The molecule has 2 fully saturated rings. The summed E-state index contributed by atoms with van der Waals surface area (Å²) in [7, 11) is 0. The minimum atomic E-state index is -0.970. The molecule has 0 aromatic heterocycles. The summed E-state index contributed by atoms with van der Waals surface area (Å²) in [5.74, 6) is -2.13. The lowest BCUT2D eigenvalue weighted by molar-refractivity contribution is -0.206. The zero-order chi connectivity index (χ0) is 18.7. The number of carbonyl (C=O) groups excluding carboxylic acids is 4. The Morgan fingerprint density at radius 1 is 0.720 bits per heavy atom. The molecule has 0 N–H and O–H groups in total. The first kappa shape index (κ1) is 19.2. The van der Waals surface area contributed by atoms with Gasteiger partial charge in [-0.15, -0.1) is 0 Å². The molecule has 0 spiro atoms. The van der Waals surface area contributed by atoms with Gasteiger partial charge in [-0.1, -0.05) is 0 Å². The number of hydrogen-bond donors (Lipinski definition) is 0. The smallest absolute Gasteiger partial charge is 0.303 e. The van der Waals surface area contributed by atoms with Crippen LogP contribution in [0.2, 0.25) is 0 Å². The van der Waals surface area contributed by atoms with Crippen molar-refractivity contribution in [1.29, 1.82) is 0 Å². The van der Waals surface area contributed by atoms with Gasteiger partial charge in [-0.3, -0.25) is 24.1 Å². The summed E-state index contributed by atoms with van der Waals surface area (Å²) in [6, 6.07) is -0.469. The Hall–Kier alpha value is -2.16. The van der Waals surface area contributed by atoms with Crippen molar-refractivity contribution in [1.82, 2.24) is 4.90 Å². The van der Waals surface area contributed by atoms with Crippen LogP contribution in [0.3, 0.4) is 0 Å². The Labute approximate surface area is 145 Å². The molecule has 2 rings (SSSR count). The summed E-state index contributed by atoms with van der Waals surface area (Å²) in [6.07, 6.45) is -2.62. The zero-order valence-corrected chi connectivity index (χ0v) is 14.7. The highest BCUT2D eigenvalue weighted by Crippen LogP contribution is 2.34. The monoisotopic (exact) mass is 357 g/mol. The molecule has 2 aliphatic rings. The molecule has 2 aliphatic heterocycles. The summed E-state index contributed by atoms with van der Waals surface area (Å²) in [6.45, 7) is 5.88. The van der Waals surface area contributed by atoms with E-state index in [0.29, 0.717) is 13.0 Å². The van der Waals surface area contributed by atoms with Crippen molar-refractivity contribution in [3.63, 3.8) is 0 Å². The third kappa shape index (κ3) is 4.68. The van der Waals surface area contributed by atoms with Crippen molar-refractivity contribution in [3.05, 3.63) is 0 Å². The number of hydrogen-bond acceptors (Lipinski definition) is 9. The lowest BCUT2D eigenvalue weighted by atomic mass is 9.92. The first-order valence-corrected chi connectivity index (χ1v) is 8.12. The highest BCUT2D eigenvalue weighted by atomic mass is 16.6. The van der Waals surface area contributed by atoms with Gasteiger partial charge in [-0.2, -0.15) is 0 Å². The van der Waals surface area contributed by atoms with Crippen LogP contribution in [-0.2, 0) is 38.1 Å². The number of nitrogens with zero attached hydrogens (tertiary/aromatic N) is 1. The fourth-order valence-corrected chi connectivity index (χ4v) is 3.54. The van der Waals surface area contributed by atoms with Gasteiger partial charge in [0.1, 0.15) is 6.10 Å². The number of rotatable bonds is 4. The molecule has 0 amide bonds. The van der Waals surface area contributed by atoms with Crippen molar-refractivity contribution in [2.45, 2.75) is 64.6 Å². The minimum Gasteiger partial charge on any atom is -0.461 e. The lowest BCUT2D eigenvalue weighted by Crippen LogP contribution is -2.64. The molecular weight excluding hydrogens is 334 g/mol. The Morgan fingerprint density at radius 3 is 1.72 bits per heavy atom. The highest BCUT2D eigenvalue weighted by Gasteiger charge is 2.55. The number of ether oxygens (including phenoxy) is 4. The molecular formula is C16H23NO8. The molecule has 9 nitrogen and oxygen atoms in total. The maximum Gasteiger partial charge on any atom is 0.303 e. The van der Waals surface area contributed by atoms with Gasteiger partial charge in [0.05, 0.1) is 6.04 Å². The summed E-state index contributed by atoms with van der Waals surface area (Å²) in [4.78, 5) is 47.8. The predicted octanol–water partition coefficient (Wildman–Crippen LogP) is -0.199. The molecule has 0 unspecified atom stereocenters. The van der Waals surface area contributed by atoms with Gasteiger partial charge in [-0.05, 0) is 6.42 Å². The molecule has 5 atom stereocenters. The second kappa shape index (κ2) is 7.81. The second-order valence-electron chi connectivity index (χ2n) is 6.22. The van der Waals surface area contributed by atoms with E-state index >= 15 is 0 Å². The van der Waals surface area contributed by atoms with E-state index in [-0.39, 0.29) is 6.54 Å². The van der Waals surface area contributed by atoms with Gasteiger partial charge >= 0.3 is 23.9 Å². The van der Waals surface area contributed by atoms with E-state index in [1.165, 1.54) is 27.7 Å². The Balaban J connectivity index is 2.34. The van der Waals surface area contributed by atoms with Crippen molar-refractivity contribution < 1.29 is 38.1 Å². The molecule has 0 bridgehead atoms. The van der Waals surface area contributed by atoms with Crippen LogP contribution in [0.25, 0.3) is 0 Å². The molecule has 0 aromatic carbocycles. The first-order chi connectivity index (χ1) is 11.7. The molecule has 2 heterocycles. The third-order valence-corrected chi connectivity index (χ3v) is 4.18. The molecule has 0 aliphatic carbocycles. The van der Waals surface area contributed by atoms with Gasteiger partial charge < -0.3 is 18.9 Å². The van der Waals surface area contributed by atoms with E-state index in [9.17, 15) is 19.2 Å². The van der Waals surface area contributed by atoms with E-state index in [1.807, 2.05) is 4.90 Å². The van der Waals surface area contributed by atoms with Crippen molar-refractivity contribution in [3.8, 4) is 0 Å². The highest BCUT2D eigenvalue weighted by molar-refractivity contribution is 5.69. The maximum absolute atomic E-state index is 11.6. The number of piperidine rings is 1. The summed E-state index contributed by atoms with van der Waals surface area (Å²) < 4.78 is 21.3. The standard InChI is InChI=1S/C16H23NO8/c1-8(18)22-12-5-6-17-7-13(23-9(2)19)15(24-10(3)20)16(14(12)17)25-11(4)21/h12-16H,5-7H2,1-4H3/t12-,13-,14+,15+,16+/m0/s1. The van der Waals surface area contributed by atoms with Gasteiger partial charge in [0, 0.05) is 40.8 Å². The SMILES string of the molecule is CC(=O)O[C@H]1[C@H](OC(C)=O)[C@@H](OC(C)=O)CN2CC[C@H](OC(C)=O)[C@H]12. The first-order valence-electron chi connectivity index (χ1n) is 8.12. The third-order valence-electron chi connectivity index (χ3n) is 4.18. The minimum absolute atomic E-state index is 0.289. The van der Waals surface area contributed by atoms with E-state index in [4.69, 9.17) is 18.9 Å². The lowest BCUT2D eigenvalue weighted by Gasteiger charge is -2.45. The zero-order valence-electron chi connectivity index (χ0n) is 14.7. The number of fused-ring (bicyclic) bond motifs is 1. The van der Waals surface area contributed by atoms with E-state index in [2.05, 4.69) is 0 Å². The van der Waals surface area contributed by atoms with Crippen LogP contribution in [0.5, 0.6) is 0 Å². The molecule has 0 radical (unpaired) electrons. The summed E-state index contributed by atoms with van der Waals surface area (Å²) >= 11 is 0. The van der Waals surface area contributed by atoms with Gasteiger partial charge in [0.15, 0.2) is 18.3 Å². The maximum atomic E-state index is 11.6. The number of carbonyl (C=O) groups is 4. The Kier molecular flexibility index (Phi) is 5.99. The predicted molar refractivity (Wildman–Crippen MR) is 82.2 cm³/mol. The number of esters is 4. The fraction of sp³-hybridized carbons (Fsp3) is 0.750. The summed E-state index contributed by atoms with van der Waals surface area (Å²) in [5, 5.41) is 0. The Morgan fingerprint density at radius 2 is 1.20 bits per heavy atom. The van der Waals surface area contributed by atoms with Crippen molar-refractivity contribution in [2.24, 2.45) is 0 Å². The molecule has 9 heteroatoms. The summed E-state index contributed by atoms with van der Waals surface area (Å²) in [5.41, 5.74) is 0. The second-order valence-corrected chi connectivity index (χ2v) is 6.22. The molecule has 140 valence electrons. The Bertz CT molecular complexity index is 562. The average molecular weight is 357 g/mol. The quantitative estimate of drug-likeness (QED) is 0.499. The molecule has 25 heavy (non-hydrogen) atoms. The molecule has 0 saturated carbocycles. The largest absolute Gasteiger partial charge is 0.461 e. The van der Waals surface area contributed by atoms with Gasteiger partial charge in [-0.25, -0.2) is 0 Å². The van der Waals surface area contributed by atoms with Crippen molar-refractivity contribution in [2.75, 3.05) is 13.1 Å². The van der Waals surface area contributed by atoms with Gasteiger partial charge in [0.2, 0.25) is 0 Å². The van der Waals surface area contributed by atoms with Crippen LogP contribution < -0.4 is 0 Å². The molecule has 0 aromatic rings. The van der Waals surface area contributed by atoms with Crippen LogP contribution in [-0.4, -0.2) is 72.3 Å².